The normalized spacial score (nSPS) is 19.9. The van der Waals surface area contributed by atoms with E-state index in [1.54, 1.807) is 18.2 Å². The molecule has 3 aromatic carbocycles. The zero-order valence-corrected chi connectivity index (χ0v) is 21.8. The van der Waals surface area contributed by atoms with E-state index in [1.807, 2.05) is 59.5 Å². The molecule has 5 rings (SSSR count). The van der Waals surface area contributed by atoms with E-state index in [2.05, 4.69) is 10.8 Å². The maximum atomic E-state index is 13.9. The quantitative estimate of drug-likeness (QED) is 0.389. The van der Waals surface area contributed by atoms with Gasteiger partial charge in [0.25, 0.3) is 11.8 Å². The summed E-state index contributed by atoms with van der Waals surface area (Å²) in [4.78, 5) is 35.2. The predicted molar refractivity (Wildman–Crippen MR) is 144 cm³/mol. The van der Waals surface area contributed by atoms with Crippen LogP contribution < -0.4 is 10.8 Å². The van der Waals surface area contributed by atoms with Crippen molar-refractivity contribution in [2.45, 2.75) is 31.4 Å². The van der Waals surface area contributed by atoms with Crippen LogP contribution in [0, 0.1) is 5.92 Å². The van der Waals surface area contributed by atoms with Gasteiger partial charge in [-0.15, -0.1) is 0 Å². The van der Waals surface area contributed by atoms with E-state index in [0.29, 0.717) is 39.2 Å². The molecule has 2 atom stereocenters. The van der Waals surface area contributed by atoms with Crippen LogP contribution in [0.15, 0.2) is 72.8 Å². The number of carbonyl (C=O) groups is 2. The van der Waals surface area contributed by atoms with Gasteiger partial charge in [0.05, 0.1) is 18.6 Å². The molecule has 1 fully saturated rings. The number of carbonyl (C=O) groups excluding carboxylic acids is 2. The van der Waals surface area contributed by atoms with Gasteiger partial charge in [0.15, 0.2) is 0 Å². The predicted octanol–water partition coefficient (Wildman–Crippen LogP) is 5.52. The van der Waals surface area contributed by atoms with E-state index in [4.69, 9.17) is 28.0 Å². The van der Waals surface area contributed by atoms with Crippen LogP contribution in [0.3, 0.4) is 0 Å². The molecule has 3 aromatic rings. The first-order valence-corrected chi connectivity index (χ1v) is 13.3. The maximum Gasteiger partial charge on any atom is 0.254 e. The lowest BCUT2D eigenvalue weighted by Crippen LogP contribution is -2.49. The van der Waals surface area contributed by atoms with E-state index >= 15 is 0 Å². The van der Waals surface area contributed by atoms with Gasteiger partial charge in [-0.3, -0.25) is 14.4 Å². The van der Waals surface area contributed by atoms with Crippen molar-refractivity contribution < 1.29 is 14.4 Å². The summed E-state index contributed by atoms with van der Waals surface area (Å²) in [5.41, 5.74) is 5.47. The Kier molecular flexibility index (Phi) is 8.11. The molecule has 2 N–H and O–H groups in total. The third-order valence-corrected chi connectivity index (χ3v) is 7.73. The second-order valence-corrected chi connectivity index (χ2v) is 10.4. The van der Waals surface area contributed by atoms with Crippen molar-refractivity contribution in [3.63, 3.8) is 0 Å². The molecule has 8 heteroatoms. The average Bonchev–Trinajstić information content (AvgIpc) is 2.91. The van der Waals surface area contributed by atoms with Crippen molar-refractivity contribution in [2.24, 2.45) is 5.92 Å². The van der Waals surface area contributed by atoms with Gasteiger partial charge in [-0.2, -0.15) is 0 Å². The molecule has 0 aliphatic carbocycles. The lowest BCUT2D eigenvalue weighted by atomic mass is 9.78. The monoisotopic (exact) mass is 537 g/mol. The Bertz CT molecular complexity index is 1260. The molecule has 0 saturated carbocycles. The largest absolute Gasteiger partial charge is 0.330 e. The number of amides is 2. The molecule has 0 radical (unpaired) electrons. The molecule has 192 valence electrons. The Morgan fingerprint density at radius 3 is 2.46 bits per heavy atom. The van der Waals surface area contributed by atoms with Crippen molar-refractivity contribution in [2.75, 3.05) is 19.6 Å². The third kappa shape index (κ3) is 5.68. The van der Waals surface area contributed by atoms with Gasteiger partial charge in [0.1, 0.15) is 0 Å². The first-order chi connectivity index (χ1) is 18.0. The molecule has 37 heavy (non-hydrogen) atoms. The van der Waals surface area contributed by atoms with E-state index in [0.717, 1.165) is 31.5 Å². The maximum absolute atomic E-state index is 13.9. The number of benzene rings is 3. The molecule has 0 unspecified atom stereocenters. The number of hydrogen-bond acceptors (Lipinski definition) is 4. The second-order valence-electron chi connectivity index (χ2n) is 9.57. The number of hydrogen-bond donors (Lipinski definition) is 2. The average molecular weight is 538 g/mol. The van der Waals surface area contributed by atoms with Gasteiger partial charge < -0.3 is 10.2 Å². The Morgan fingerprint density at radius 1 is 0.973 bits per heavy atom. The second kappa shape index (κ2) is 11.7. The molecular formula is C29H29Cl2N3O3. The minimum absolute atomic E-state index is 0.0978. The number of halogens is 2. The lowest BCUT2D eigenvalue weighted by Gasteiger charge is -2.43. The highest BCUT2D eigenvalue weighted by molar-refractivity contribution is 6.35. The highest BCUT2D eigenvalue weighted by atomic mass is 35.5. The SMILES string of the molecule is O=C(NOCc1ccccc1)[C@@H]1c2ccccc2C(=O)N(CC2CCNCC2)[C@H]1c1ccc(Cl)cc1Cl. The number of fused-ring (bicyclic) bond motifs is 1. The lowest BCUT2D eigenvalue weighted by molar-refractivity contribution is -0.138. The van der Waals surface area contributed by atoms with Gasteiger partial charge in [-0.05, 0) is 66.7 Å². The van der Waals surface area contributed by atoms with Crippen LogP contribution in [0.25, 0.3) is 0 Å². The fourth-order valence-electron chi connectivity index (χ4n) is 5.33. The summed E-state index contributed by atoms with van der Waals surface area (Å²) in [5.74, 6) is -0.825. The Labute approximate surface area is 226 Å². The van der Waals surface area contributed by atoms with Crippen molar-refractivity contribution in [3.05, 3.63) is 105 Å². The fraction of sp³-hybridized carbons (Fsp3) is 0.310. The zero-order chi connectivity index (χ0) is 25.8. The Hall–Kier alpha value is -2.90. The van der Waals surface area contributed by atoms with Gasteiger partial charge in [0.2, 0.25) is 0 Å². The van der Waals surface area contributed by atoms with Crippen LogP contribution in [0.5, 0.6) is 0 Å². The van der Waals surface area contributed by atoms with E-state index in [1.165, 1.54) is 0 Å². The van der Waals surface area contributed by atoms with Crippen molar-refractivity contribution in [1.29, 1.82) is 0 Å². The standard InChI is InChI=1S/C29H29Cl2N3O3/c30-21-10-11-24(25(31)16-21)27-26(28(35)33-37-18-20-6-2-1-3-7-20)22-8-4-5-9-23(22)29(36)34(27)17-19-12-14-32-15-13-19/h1-11,16,19,26-27,32H,12-15,17-18H2,(H,33,35)/t26-,27+/m1/s1. The summed E-state index contributed by atoms with van der Waals surface area (Å²) in [7, 11) is 0. The van der Waals surface area contributed by atoms with Crippen LogP contribution in [0.4, 0.5) is 0 Å². The van der Waals surface area contributed by atoms with E-state index in [9.17, 15) is 9.59 Å². The molecule has 2 heterocycles. The minimum atomic E-state index is -0.718. The first kappa shape index (κ1) is 25.7. The van der Waals surface area contributed by atoms with Crippen molar-refractivity contribution >= 4 is 35.0 Å². The molecule has 0 aromatic heterocycles. The molecule has 0 spiro atoms. The number of hydroxylamine groups is 1. The summed E-state index contributed by atoms with van der Waals surface area (Å²) in [6, 6.07) is 21.5. The Balaban J connectivity index is 1.52. The zero-order valence-electron chi connectivity index (χ0n) is 20.3. The van der Waals surface area contributed by atoms with Crippen LogP contribution in [0.1, 0.15) is 51.8 Å². The van der Waals surface area contributed by atoms with Crippen molar-refractivity contribution in [1.82, 2.24) is 15.7 Å². The summed E-state index contributed by atoms with van der Waals surface area (Å²) in [6.45, 7) is 2.58. The number of rotatable bonds is 7. The van der Waals surface area contributed by atoms with E-state index < -0.39 is 12.0 Å². The summed E-state index contributed by atoms with van der Waals surface area (Å²) < 4.78 is 0. The summed E-state index contributed by atoms with van der Waals surface area (Å²) >= 11 is 12.9. The van der Waals surface area contributed by atoms with Gasteiger partial charge in [0, 0.05) is 22.2 Å². The van der Waals surface area contributed by atoms with E-state index in [-0.39, 0.29) is 18.4 Å². The number of piperidine rings is 1. The molecule has 6 nitrogen and oxygen atoms in total. The summed E-state index contributed by atoms with van der Waals surface area (Å²) in [5, 5.41) is 4.29. The smallest absolute Gasteiger partial charge is 0.254 e. The van der Waals surface area contributed by atoms with Crippen molar-refractivity contribution in [3.8, 4) is 0 Å². The molecule has 2 aliphatic heterocycles. The number of nitrogens with one attached hydrogen (secondary N) is 2. The van der Waals surface area contributed by atoms with Crippen LogP contribution in [0.2, 0.25) is 10.0 Å². The molecule has 2 amide bonds. The molecular weight excluding hydrogens is 509 g/mol. The van der Waals surface area contributed by atoms with Crippen LogP contribution in [-0.4, -0.2) is 36.3 Å². The Morgan fingerprint density at radius 2 is 1.70 bits per heavy atom. The summed E-state index contributed by atoms with van der Waals surface area (Å²) in [6.07, 6.45) is 1.92. The topological polar surface area (TPSA) is 70.7 Å². The number of nitrogens with zero attached hydrogens (tertiary/aromatic N) is 1. The molecule has 0 bridgehead atoms. The third-order valence-electron chi connectivity index (χ3n) is 7.17. The minimum Gasteiger partial charge on any atom is -0.330 e. The highest BCUT2D eigenvalue weighted by Gasteiger charge is 2.45. The van der Waals surface area contributed by atoms with Gasteiger partial charge in [-0.25, -0.2) is 5.48 Å². The highest BCUT2D eigenvalue weighted by Crippen LogP contribution is 2.45. The van der Waals surface area contributed by atoms with Gasteiger partial charge >= 0.3 is 0 Å². The first-order valence-electron chi connectivity index (χ1n) is 12.5. The molecule has 2 aliphatic rings. The van der Waals surface area contributed by atoms with Crippen LogP contribution in [-0.2, 0) is 16.2 Å². The van der Waals surface area contributed by atoms with Gasteiger partial charge in [-0.1, -0.05) is 77.8 Å². The molecule has 1 saturated heterocycles. The fourth-order valence-corrected chi connectivity index (χ4v) is 5.85. The van der Waals surface area contributed by atoms with Crippen LogP contribution >= 0.6 is 23.2 Å².